The molecule has 174 valence electrons. The highest BCUT2D eigenvalue weighted by Crippen LogP contribution is 2.16. The molecular formula is C26H32N4O3. The van der Waals surface area contributed by atoms with E-state index >= 15 is 0 Å². The summed E-state index contributed by atoms with van der Waals surface area (Å²) in [5.74, 6) is 0.261. The number of nitrogens with zero attached hydrogens (tertiary/aromatic N) is 3. The first-order chi connectivity index (χ1) is 16.0. The number of morpholine rings is 1. The van der Waals surface area contributed by atoms with E-state index in [4.69, 9.17) is 4.74 Å². The van der Waals surface area contributed by atoms with Crippen molar-refractivity contribution < 1.29 is 9.53 Å². The summed E-state index contributed by atoms with van der Waals surface area (Å²) in [6, 6.07) is 17.1. The maximum atomic E-state index is 13.3. The van der Waals surface area contributed by atoms with Crippen molar-refractivity contribution in [2.45, 2.75) is 32.9 Å². The topological polar surface area (TPSA) is 76.5 Å². The maximum Gasteiger partial charge on any atom is 0.274 e. The minimum absolute atomic E-state index is 0.197. The fourth-order valence-corrected chi connectivity index (χ4v) is 4.41. The third-order valence-electron chi connectivity index (χ3n) is 6.06. The van der Waals surface area contributed by atoms with Crippen LogP contribution >= 0.6 is 0 Å². The molecule has 7 heteroatoms. The van der Waals surface area contributed by atoms with Crippen molar-refractivity contribution >= 4 is 16.7 Å². The third kappa shape index (κ3) is 5.67. The molecule has 2 heterocycles. The number of aromatic nitrogens is 2. The van der Waals surface area contributed by atoms with Gasteiger partial charge in [-0.15, -0.1) is 0 Å². The molecule has 7 nitrogen and oxygen atoms in total. The molecule has 1 aliphatic heterocycles. The first-order valence-electron chi connectivity index (χ1n) is 11.7. The highest BCUT2D eigenvalue weighted by atomic mass is 16.5. The van der Waals surface area contributed by atoms with Crippen molar-refractivity contribution in [3.63, 3.8) is 0 Å². The van der Waals surface area contributed by atoms with E-state index in [0.29, 0.717) is 29.8 Å². The zero-order valence-electron chi connectivity index (χ0n) is 19.4. The average molecular weight is 449 g/mol. The Morgan fingerprint density at radius 2 is 1.70 bits per heavy atom. The summed E-state index contributed by atoms with van der Waals surface area (Å²) < 4.78 is 6.89. The molecule has 1 saturated heterocycles. The van der Waals surface area contributed by atoms with Crippen LogP contribution in [0.1, 0.15) is 36.3 Å². The quantitative estimate of drug-likeness (QED) is 0.573. The van der Waals surface area contributed by atoms with E-state index in [0.717, 1.165) is 38.3 Å². The number of hydrogen-bond donors (Lipinski definition) is 1. The van der Waals surface area contributed by atoms with Crippen LogP contribution in [0.25, 0.3) is 10.8 Å². The average Bonchev–Trinajstić information content (AvgIpc) is 2.84. The molecule has 1 atom stereocenters. The Morgan fingerprint density at radius 3 is 2.39 bits per heavy atom. The Balaban J connectivity index is 1.60. The molecule has 1 fully saturated rings. The maximum absolute atomic E-state index is 13.3. The molecule has 0 radical (unpaired) electrons. The number of hydrogen-bond acceptors (Lipinski definition) is 5. The SMILES string of the molecule is CC(C)CC(CNC(=O)c1nn(Cc2ccccc2)c(=O)c2ccccc12)N1CCOCC1. The first kappa shape index (κ1) is 23.1. The largest absolute Gasteiger partial charge is 0.379 e. The van der Waals surface area contributed by atoms with Gasteiger partial charge in [-0.1, -0.05) is 62.4 Å². The standard InChI is InChI=1S/C26H32N4O3/c1-19(2)16-21(29-12-14-33-15-13-29)17-27-25(31)24-22-10-6-7-11-23(22)26(32)30(28-24)18-20-8-4-3-5-9-20/h3-11,19,21H,12-18H2,1-2H3,(H,27,31). The van der Waals surface area contributed by atoms with Gasteiger partial charge >= 0.3 is 0 Å². The van der Waals surface area contributed by atoms with E-state index in [1.807, 2.05) is 42.5 Å². The zero-order valence-corrected chi connectivity index (χ0v) is 19.4. The predicted octanol–water partition coefficient (Wildman–Crippen LogP) is 2.92. The fourth-order valence-electron chi connectivity index (χ4n) is 4.41. The van der Waals surface area contributed by atoms with E-state index in [1.54, 1.807) is 12.1 Å². The molecule has 1 aliphatic rings. The molecule has 1 unspecified atom stereocenters. The normalized spacial score (nSPS) is 15.6. The van der Waals surface area contributed by atoms with Gasteiger partial charge in [-0.3, -0.25) is 14.5 Å². The number of benzene rings is 2. The highest BCUT2D eigenvalue weighted by molar-refractivity contribution is 6.04. The van der Waals surface area contributed by atoms with E-state index in [9.17, 15) is 9.59 Å². The van der Waals surface area contributed by atoms with E-state index in [-0.39, 0.29) is 23.2 Å². The Morgan fingerprint density at radius 1 is 1.03 bits per heavy atom. The second-order valence-electron chi connectivity index (χ2n) is 8.98. The van der Waals surface area contributed by atoms with Crippen LogP contribution in [0.2, 0.25) is 0 Å². The van der Waals surface area contributed by atoms with Crippen molar-refractivity contribution in [3.05, 3.63) is 76.2 Å². The second kappa shape index (κ2) is 10.7. The predicted molar refractivity (Wildman–Crippen MR) is 130 cm³/mol. The Labute approximate surface area is 194 Å². The monoisotopic (exact) mass is 448 g/mol. The lowest BCUT2D eigenvalue weighted by atomic mass is 10.0. The summed E-state index contributed by atoms with van der Waals surface area (Å²) in [7, 11) is 0. The number of rotatable bonds is 8. The molecule has 0 spiro atoms. The van der Waals surface area contributed by atoms with Crippen molar-refractivity contribution in [2.75, 3.05) is 32.8 Å². The second-order valence-corrected chi connectivity index (χ2v) is 8.98. The lowest BCUT2D eigenvalue weighted by Gasteiger charge is -2.35. The van der Waals surface area contributed by atoms with Gasteiger partial charge in [0.25, 0.3) is 11.5 Å². The lowest BCUT2D eigenvalue weighted by Crippen LogP contribution is -2.49. The summed E-state index contributed by atoms with van der Waals surface area (Å²) in [6.07, 6.45) is 0.988. The zero-order chi connectivity index (χ0) is 23.2. The van der Waals surface area contributed by atoms with Gasteiger partial charge in [0, 0.05) is 31.1 Å². The van der Waals surface area contributed by atoms with Gasteiger partial charge in [0.05, 0.1) is 25.1 Å². The van der Waals surface area contributed by atoms with E-state index in [2.05, 4.69) is 29.2 Å². The Bertz CT molecular complexity index is 1140. The molecule has 2 aromatic carbocycles. The highest BCUT2D eigenvalue weighted by Gasteiger charge is 2.24. The number of carbonyl (C=O) groups is 1. The molecule has 33 heavy (non-hydrogen) atoms. The van der Waals surface area contributed by atoms with Crippen LogP contribution in [0.3, 0.4) is 0 Å². The van der Waals surface area contributed by atoms with E-state index < -0.39 is 0 Å². The van der Waals surface area contributed by atoms with Gasteiger partial charge in [0.2, 0.25) is 0 Å². The van der Waals surface area contributed by atoms with Crippen LogP contribution in [0.5, 0.6) is 0 Å². The van der Waals surface area contributed by atoms with Crippen LogP contribution in [0.15, 0.2) is 59.4 Å². The van der Waals surface area contributed by atoms with Crippen LogP contribution in [-0.4, -0.2) is 59.5 Å². The number of fused-ring (bicyclic) bond motifs is 1. The molecule has 0 saturated carbocycles. The summed E-state index contributed by atoms with van der Waals surface area (Å²) in [6.45, 7) is 8.43. The molecule has 1 amide bonds. The van der Waals surface area contributed by atoms with Gasteiger partial charge in [-0.05, 0) is 24.0 Å². The van der Waals surface area contributed by atoms with Crippen molar-refractivity contribution in [1.82, 2.24) is 20.0 Å². The van der Waals surface area contributed by atoms with Crippen molar-refractivity contribution in [3.8, 4) is 0 Å². The molecular weight excluding hydrogens is 416 g/mol. The number of amides is 1. The third-order valence-corrected chi connectivity index (χ3v) is 6.06. The van der Waals surface area contributed by atoms with Crippen LogP contribution < -0.4 is 10.9 Å². The Kier molecular flexibility index (Phi) is 7.52. The smallest absolute Gasteiger partial charge is 0.274 e. The number of carbonyl (C=O) groups excluding carboxylic acids is 1. The Hall–Kier alpha value is -3.03. The summed E-state index contributed by atoms with van der Waals surface area (Å²) in [5, 5.41) is 8.69. The van der Waals surface area contributed by atoms with Crippen molar-refractivity contribution in [2.24, 2.45) is 5.92 Å². The first-order valence-corrected chi connectivity index (χ1v) is 11.7. The van der Waals surface area contributed by atoms with Crippen LogP contribution in [0, 0.1) is 5.92 Å². The summed E-state index contributed by atoms with van der Waals surface area (Å²) in [4.78, 5) is 28.8. The lowest BCUT2D eigenvalue weighted by molar-refractivity contribution is 0.0124. The van der Waals surface area contributed by atoms with E-state index in [1.165, 1.54) is 4.68 Å². The van der Waals surface area contributed by atoms with Gasteiger partial charge < -0.3 is 10.1 Å². The molecule has 3 aromatic rings. The van der Waals surface area contributed by atoms with Gasteiger partial charge in [-0.2, -0.15) is 5.10 Å². The molecule has 1 aromatic heterocycles. The minimum atomic E-state index is -0.255. The summed E-state index contributed by atoms with van der Waals surface area (Å²) >= 11 is 0. The minimum Gasteiger partial charge on any atom is -0.379 e. The number of nitrogens with one attached hydrogen (secondary N) is 1. The molecule has 4 rings (SSSR count). The van der Waals surface area contributed by atoms with Gasteiger partial charge in [0.15, 0.2) is 5.69 Å². The van der Waals surface area contributed by atoms with Crippen molar-refractivity contribution in [1.29, 1.82) is 0 Å². The fraction of sp³-hybridized carbons (Fsp3) is 0.423. The number of ether oxygens (including phenoxy) is 1. The molecule has 1 N–H and O–H groups in total. The van der Waals surface area contributed by atoms with Gasteiger partial charge in [0.1, 0.15) is 0 Å². The van der Waals surface area contributed by atoms with Crippen LogP contribution in [0.4, 0.5) is 0 Å². The summed E-state index contributed by atoms with van der Waals surface area (Å²) in [5.41, 5.74) is 1.04. The molecule has 0 bridgehead atoms. The van der Waals surface area contributed by atoms with Crippen LogP contribution in [-0.2, 0) is 11.3 Å². The molecule has 0 aliphatic carbocycles. The van der Waals surface area contributed by atoms with Gasteiger partial charge in [-0.25, -0.2) is 4.68 Å².